The van der Waals surface area contributed by atoms with Gasteiger partial charge in [-0.15, -0.1) is 0 Å². The normalized spacial score (nSPS) is 12.3. The molecule has 0 bridgehead atoms. The van der Waals surface area contributed by atoms with Crippen molar-refractivity contribution in [3.05, 3.63) is 76.7 Å². The maximum atomic E-state index is 5.90. The summed E-state index contributed by atoms with van der Waals surface area (Å²) in [6.45, 7) is 2.81. The van der Waals surface area contributed by atoms with Gasteiger partial charge in [-0.2, -0.15) is 0 Å². The number of halogens is 1. The number of pyridine rings is 1. The first kappa shape index (κ1) is 15.0. The van der Waals surface area contributed by atoms with E-state index >= 15 is 0 Å². The first-order valence-electron chi connectivity index (χ1n) is 7.20. The molecule has 2 heterocycles. The fraction of sp³-hybridized carbons (Fsp3) is 0.167. The van der Waals surface area contributed by atoms with Gasteiger partial charge in [-0.3, -0.25) is 4.98 Å². The Morgan fingerprint density at radius 2 is 1.95 bits per heavy atom. The molecule has 0 amide bonds. The fourth-order valence-electron chi connectivity index (χ4n) is 2.25. The summed E-state index contributed by atoms with van der Waals surface area (Å²) < 4.78 is 6.97. The fourth-order valence-corrected chi connectivity index (χ4v) is 2.51. The third kappa shape index (κ3) is 3.64. The van der Waals surface area contributed by atoms with E-state index in [0.717, 1.165) is 21.6 Å². The average Bonchev–Trinajstić information content (AvgIpc) is 3.03. The molecule has 0 aliphatic rings. The third-order valence-corrected chi connectivity index (χ3v) is 4.09. The molecule has 2 aromatic heterocycles. The zero-order valence-electron chi connectivity index (χ0n) is 12.3. The maximum absolute atomic E-state index is 5.90. The van der Waals surface area contributed by atoms with E-state index < -0.39 is 0 Å². The van der Waals surface area contributed by atoms with Crippen LogP contribution in [0.15, 0.2) is 69.8 Å². The van der Waals surface area contributed by atoms with Crippen LogP contribution in [-0.4, -0.2) is 4.98 Å². The Morgan fingerprint density at radius 3 is 2.68 bits per heavy atom. The van der Waals surface area contributed by atoms with Crippen LogP contribution in [0.4, 0.5) is 0 Å². The minimum absolute atomic E-state index is 0.231. The summed E-state index contributed by atoms with van der Waals surface area (Å²) in [4.78, 5) is 4.14. The van der Waals surface area contributed by atoms with Gasteiger partial charge >= 0.3 is 0 Å². The van der Waals surface area contributed by atoms with E-state index in [-0.39, 0.29) is 6.04 Å². The minimum Gasteiger partial charge on any atom is -0.460 e. The van der Waals surface area contributed by atoms with Crippen LogP contribution in [0.5, 0.6) is 0 Å². The monoisotopic (exact) mass is 356 g/mol. The van der Waals surface area contributed by atoms with Crippen molar-refractivity contribution in [3.63, 3.8) is 0 Å². The van der Waals surface area contributed by atoms with E-state index in [1.165, 1.54) is 5.56 Å². The lowest BCUT2D eigenvalue weighted by Crippen LogP contribution is -2.17. The third-order valence-electron chi connectivity index (χ3n) is 3.56. The molecule has 0 radical (unpaired) electrons. The van der Waals surface area contributed by atoms with Crippen LogP contribution in [0.2, 0.25) is 0 Å². The summed E-state index contributed by atoms with van der Waals surface area (Å²) >= 11 is 3.44. The van der Waals surface area contributed by atoms with Gasteiger partial charge in [0, 0.05) is 28.5 Å². The lowest BCUT2D eigenvalue weighted by Gasteiger charge is -2.12. The zero-order valence-corrected chi connectivity index (χ0v) is 13.9. The van der Waals surface area contributed by atoms with Gasteiger partial charge in [0.05, 0.1) is 6.54 Å². The SMILES string of the molecule is C[C@@H](NCc1ccc(-c2ccc(Br)cc2)o1)c1cccnc1. The summed E-state index contributed by atoms with van der Waals surface area (Å²) in [5, 5.41) is 3.45. The van der Waals surface area contributed by atoms with Crippen molar-refractivity contribution < 1.29 is 4.42 Å². The quantitative estimate of drug-likeness (QED) is 0.702. The Hall–Kier alpha value is -1.91. The minimum atomic E-state index is 0.231. The van der Waals surface area contributed by atoms with E-state index in [9.17, 15) is 0 Å². The van der Waals surface area contributed by atoms with Crippen LogP contribution in [0.25, 0.3) is 11.3 Å². The van der Waals surface area contributed by atoms with Gasteiger partial charge in [0.25, 0.3) is 0 Å². The van der Waals surface area contributed by atoms with Crippen LogP contribution in [-0.2, 0) is 6.54 Å². The summed E-state index contributed by atoms with van der Waals surface area (Å²) in [5.74, 6) is 1.81. The molecule has 112 valence electrons. The molecule has 3 nitrogen and oxygen atoms in total. The molecule has 1 aromatic carbocycles. The molecule has 0 saturated carbocycles. The maximum Gasteiger partial charge on any atom is 0.134 e. The number of aromatic nitrogens is 1. The number of hydrogen-bond acceptors (Lipinski definition) is 3. The largest absolute Gasteiger partial charge is 0.460 e. The van der Waals surface area contributed by atoms with Crippen LogP contribution < -0.4 is 5.32 Å². The van der Waals surface area contributed by atoms with Crippen LogP contribution in [0.3, 0.4) is 0 Å². The van der Waals surface area contributed by atoms with Crippen molar-refractivity contribution >= 4 is 15.9 Å². The highest BCUT2D eigenvalue weighted by Gasteiger charge is 2.08. The summed E-state index contributed by atoms with van der Waals surface area (Å²) in [7, 11) is 0. The van der Waals surface area contributed by atoms with Gasteiger partial charge in [0.1, 0.15) is 11.5 Å². The van der Waals surface area contributed by atoms with Crippen molar-refractivity contribution in [2.75, 3.05) is 0 Å². The van der Waals surface area contributed by atoms with Crippen molar-refractivity contribution in [2.45, 2.75) is 19.5 Å². The standard InChI is InChI=1S/C18H17BrN2O/c1-13(15-3-2-10-20-11-15)21-12-17-8-9-18(22-17)14-4-6-16(19)7-5-14/h2-11,13,21H,12H2,1H3/t13-/m1/s1. The molecule has 0 unspecified atom stereocenters. The summed E-state index contributed by atoms with van der Waals surface area (Å²) in [5.41, 5.74) is 2.25. The first-order chi connectivity index (χ1) is 10.7. The summed E-state index contributed by atoms with van der Waals surface area (Å²) in [6.07, 6.45) is 3.67. The van der Waals surface area contributed by atoms with Crippen molar-refractivity contribution in [1.29, 1.82) is 0 Å². The molecule has 0 aliphatic carbocycles. The lowest BCUT2D eigenvalue weighted by molar-refractivity contribution is 0.468. The Kier molecular flexibility index (Phi) is 4.71. The number of nitrogens with one attached hydrogen (secondary N) is 1. The Morgan fingerprint density at radius 1 is 1.14 bits per heavy atom. The molecule has 0 saturated heterocycles. The van der Waals surface area contributed by atoms with Crippen molar-refractivity contribution in [3.8, 4) is 11.3 Å². The topological polar surface area (TPSA) is 38.1 Å². The average molecular weight is 357 g/mol. The molecule has 4 heteroatoms. The molecule has 0 spiro atoms. The molecule has 1 N–H and O–H groups in total. The number of nitrogens with zero attached hydrogens (tertiary/aromatic N) is 1. The number of furan rings is 1. The second-order valence-corrected chi connectivity index (χ2v) is 6.08. The van der Waals surface area contributed by atoms with E-state index in [2.05, 4.69) is 39.2 Å². The van der Waals surface area contributed by atoms with Crippen LogP contribution >= 0.6 is 15.9 Å². The Balaban J connectivity index is 1.63. The van der Waals surface area contributed by atoms with Crippen LogP contribution in [0, 0.1) is 0 Å². The lowest BCUT2D eigenvalue weighted by atomic mass is 10.1. The highest BCUT2D eigenvalue weighted by Crippen LogP contribution is 2.24. The second kappa shape index (κ2) is 6.90. The predicted molar refractivity (Wildman–Crippen MR) is 91.3 cm³/mol. The molecule has 22 heavy (non-hydrogen) atoms. The van der Waals surface area contributed by atoms with E-state index in [1.54, 1.807) is 6.20 Å². The molecule has 3 aromatic rings. The van der Waals surface area contributed by atoms with Gasteiger partial charge in [-0.25, -0.2) is 0 Å². The smallest absolute Gasteiger partial charge is 0.134 e. The summed E-state index contributed by atoms with van der Waals surface area (Å²) in [6, 6.07) is 16.4. The van der Waals surface area contributed by atoms with Gasteiger partial charge in [-0.1, -0.05) is 34.1 Å². The predicted octanol–water partition coefficient (Wildman–Crippen LogP) is 4.95. The zero-order chi connectivity index (χ0) is 15.4. The molecular weight excluding hydrogens is 340 g/mol. The van der Waals surface area contributed by atoms with Gasteiger partial charge in [0.15, 0.2) is 0 Å². The van der Waals surface area contributed by atoms with E-state index in [4.69, 9.17) is 4.42 Å². The number of benzene rings is 1. The van der Waals surface area contributed by atoms with Gasteiger partial charge in [-0.05, 0) is 42.8 Å². The van der Waals surface area contributed by atoms with Crippen molar-refractivity contribution in [1.82, 2.24) is 10.3 Å². The van der Waals surface area contributed by atoms with Gasteiger partial charge in [0.2, 0.25) is 0 Å². The highest BCUT2D eigenvalue weighted by atomic mass is 79.9. The highest BCUT2D eigenvalue weighted by molar-refractivity contribution is 9.10. The second-order valence-electron chi connectivity index (χ2n) is 5.16. The molecule has 1 atom stereocenters. The van der Waals surface area contributed by atoms with E-state index in [1.807, 2.05) is 48.7 Å². The first-order valence-corrected chi connectivity index (χ1v) is 7.99. The number of hydrogen-bond donors (Lipinski definition) is 1. The van der Waals surface area contributed by atoms with Crippen molar-refractivity contribution in [2.24, 2.45) is 0 Å². The van der Waals surface area contributed by atoms with E-state index in [0.29, 0.717) is 6.54 Å². The number of rotatable bonds is 5. The molecular formula is C18H17BrN2O. The van der Waals surface area contributed by atoms with Crippen LogP contribution in [0.1, 0.15) is 24.3 Å². The molecule has 3 rings (SSSR count). The van der Waals surface area contributed by atoms with Gasteiger partial charge < -0.3 is 9.73 Å². The Bertz CT molecular complexity index is 722. The Labute approximate surface area is 138 Å². The molecule has 0 aliphatic heterocycles. The molecule has 0 fully saturated rings.